The Morgan fingerprint density at radius 3 is 2.71 bits per heavy atom. The summed E-state index contributed by atoms with van der Waals surface area (Å²) in [4.78, 5) is 2.48. The second-order valence-electron chi connectivity index (χ2n) is 4.06. The van der Waals surface area contributed by atoms with Crippen molar-refractivity contribution in [1.29, 1.82) is 0 Å². The van der Waals surface area contributed by atoms with Crippen molar-refractivity contribution < 1.29 is 0 Å². The van der Waals surface area contributed by atoms with Crippen molar-refractivity contribution in [2.24, 2.45) is 0 Å². The van der Waals surface area contributed by atoms with E-state index in [1.54, 1.807) is 0 Å². The van der Waals surface area contributed by atoms with Crippen LogP contribution in [0.15, 0.2) is 12.3 Å². The van der Waals surface area contributed by atoms with Crippen molar-refractivity contribution >= 4 is 0 Å². The molecule has 78 valence electrons. The number of rotatable bonds is 0. The molecule has 1 aromatic rings. The molecule has 0 radical (unpaired) electrons. The molecule has 1 aromatic heterocycles. The highest BCUT2D eigenvalue weighted by molar-refractivity contribution is 5.12. The largest absolute Gasteiger partial charge is 0.293 e. The van der Waals surface area contributed by atoms with Gasteiger partial charge in [0, 0.05) is 18.3 Å². The third-order valence-electron chi connectivity index (χ3n) is 3.28. The summed E-state index contributed by atoms with van der Waals surface area (Å²) in [6.45, 7) is 6.17. The van der Waals surface area contributed by atoms with Crippen LogP contribution < -0.4 is 0 Å². The number of aromatic nitrogens is 2. The summed E-state index contributed by atoms with van der Waals surface area (Å²) < 4.78 is 2.16. The lowest BCUT2D eigenvalue weighted by Gasteiger charge is -2.33. The van der Waals surface area contributed by atoms with Crippen LogP contribution in [0.2, 0.25) is 0 Å². The Labute approximate surface area is 85.7 Å². The Morgan fingerprint density at radius 1 is 1.36 bits per heavy atom. The predicted octanol–water partition coefficient (Wildman–Crippen LogP) is 1.89. The highest BCUT2D eigenvalue weighted by atomic mass is 15.4. The third-order valence-corrected chi connectivity index (χ3v) is 3.28. The van der Waals surface area contributed by atoms with Gasteiger partial charge in [0.2, 0.25) is 0 Å². The van der Waals surface area contributed by atoms with Gasteiger partial charge < -0.3 is 0 Å². The summed E-state index contributed by atoms with van der Waals surface area (Å²) in [5, 5.41) is 4.32. The molecular weight excluding hydrogens is 174 g/mol. The fraction of sp³-hybridized carbons (Fsp3) is 0.727. The van der Waals surface area contributed by atoms with Crippen molar-refractivity contribution in [2.75, 3.05) is 7.05 Å². The molecule has 1 aliphatic carbocycles. The summed E-state index contributed by atoms with van der Waals surface area (Å²) in [6, 6.07) is 2.12. The number of likely N-dealkylation sites (N-methyl/N-ethyl adjacent to an activating group) is 1. The Balaban J connectivity index is 0.000000354. The van der Waals surface area contributed by atoms with Crippen LogP contribution >= 0.6 is 0 Å². The van der Waals surface area contributed by atoms with Crippen molar-refractivity contribution in [3.05, 3.63) is 18.0 Å². The van der Waals surface area contributed by atoms with Gasteiger partial charge in [-0.15, -0.1) is 0 Å². The van der Waals surface area contributed by atoms with Gasteiger partial charge in [0.05, 0.1) is 12.2 Å². The van der Waals surface area contributed by atoms with Gasteiger partial charge in [-0.25, -0.2) is 0 Å². The second-order valence-corrected chi connectivity index (χ2v) is 4.06. The molecule has 0 amide bonds. The van der Waals surface area contributed by atoms with Gasteiger partial charge in [-0.2, -0.15) is 5.10 Å². The van der Waals surface area contributed by atoms with Gasteiger partial charge in [-0.1, -0.05) is 13.8 Å². The van der Waals surface area contributed by atoms with Gasteiger partial charge in [-0.3, -0.25) is 9.58 Å². The Hall–Kier alpha value is -0.830. The number of nitrogens with zero attached hydrogens (tertiary/aromatic N) is 3. The predicted molar refractivity (Wildman–Crippen MR) is 57.0 cm³/mol. The zero-order valence-electron chi connectivity index (χ0n) is 9.32. The van der Waals surface area contributed by atoms with E-state index in [1.807, 2.05) is 20.0 Å². The maximum Gasteiger partial charge on any atom is 0.0597 e. The highest BCUT2D eigenvalue weighted by Gasteiger charge is 2.49. The number of hydrogen-bond acceptors (Lipinski definition) is 2. The van der Waals surface area contributed by atoms with Gasteiger partial charge in [0.25, 0.3) is 0 Å². The van der Waals surface area contributed by atoms with Crippen LogP contribution in [0.5, 0.6) is 0 Å². The molecule has 0 unspecified atom stereocenters. The van der Waals surface area contributed by atoms with Gasteiger partial charge in [0.15, 0.2) is 0 Å². The Morgan fingerprint density at radius 2 is 2.07 bits per heavy atom. The standard InChI is InChI=1S/C9H13N3.C2H6/c1-11-6-8-2-5-10-12(8)7-9(11)3-4-9;1-2/h2,5H,3-4,6-7H2,1H3;1-2H3. The topological polar surface area (TPSA) is 21.1 Å². The molecule has 0 atom stereocenters. The van der Waals surface area contributed by atoms with E-state index in [2.05, 4.69) is 27.8 Å². The first kappa shape index (κ1) is 9.71. The van der Waals surface area contributed by atoms with E-state index in [0.717, 1.165) is 13.1 Å². The molecule has 1 aliphatic heterocycles. The lowest BCUT2D eigenvalue weighted by Crippen LogP contribution is -2.42. The van der Waals surface area contributed by atoms with Crippen molar-refractivity contribution in [2.45, 2.75) is 45.3 Å². The average Bonchev–Trinajstić information content (AvgIpc) is 2.84. The SMILES string of the molecule is CC.CN1Cc2ccnn2CC12CC2. The van der Waals surface area contributed by atoms with Crippen LogP contribution in [0.3, 0.4) is 0 Å². The van der Waals surface area contributed by atoms with E-state index in [9.17, 15) is 0 Å². The van der Waals surface area contributed by atoms with Crippen LogP contribution in [0.25, 0.3) is 0 Å². The van der Waals surface area contributed by atoms with E-state index >= 15 is 0 Å². The molecule has 2 heterocycles. The smallest absolute Gasteiger partial charge is 0.0597 e. The van der Waals surface area contributed by atoms with Crippen LogP contribution in [0.1, 0.15) is 32.4 Å². The summed E-state index contributed by atoms with van der Waals surface area (Å²) >= 11 is 0. The molecule has 1 saturated carbocycles. The lowest BCUT2D eigenvalue weighted by molar-refractivity contribution is 0.148. The van der Waals surface area contributed by atoms with Crippen LogP contribution in [-0.4, -0.2) is 27.3 Å². The van der Waals surface area contributed by atoms with Gasteiger partial charge >= 0.3 is 0 Å². The van der Waals surface area contributed by atoms with Crippen LogP contribution in [-0.2, 0) is 13.1 Å². The molecule has 1 fully saturated rings. The molecular formula is C11H19N3. The molecule has 0 saturated heterocycles. The molecule has 0 aromatic carbocycles. The average molecular weight is 193 g/mol. The fourth-order valence-electron chi connectivity index (χ4n) is 2.13. The van der Waals surface area contributed by atoms with Gasteiger partial charge in [-0.05, 0) is 26.0 Å². The quantitative estimate of drug-likeness (QED) is 0.627. The maximum absolute atomic E-state index is 4.32. The first-order valence-electron chi connectivity index (χ1n) is 5.52. The summed E-state index contributed by atoms with van der Waals surface area (Å²) in [6.07, 6.45) is 4.61. The second kappa shape index (κ2) is 3.39. The molecule has 2 aliphatic rings. The van der Waals surface area contributed by atoms with Crippen molar-refractivity contribution in [1.82, 2.24) is 14.7 Å². The minimum Gasteiger partial charge on any atom is -0.293 e. The first-order valence-corrected chi connectivity index (χ1v) is 5.52. The molecule has 3 heteroatoms. The summed E-state index contributed by atoms with van der Waals surface area (Å²) in [7, 11) is 2.23. The van der Waals surface area contributed by atoms with E-state index in [0.29, 0.717) is 5.54 Å². The monoisotopic (exact) mass is 193 g/mol. The molecule has 0 N–H and O–H groups in total. The normalized spacial score (nSPS) is 22.5. The van der Waals surface area contributed by atoms with Crippen LogP contribution in [0.4, 0.5) is 0 Å². The van der Waals surface area contributed by atoms with Crippen molar-refractivity contribution in [3.63, 3.8) is 0 Å². The molecule has 1 spiro atoms. The van der Waals surface area contributed by atoms with Crippen molar-refractivity contribution in [3.8, 4) is 0 Å². The van der Waals surface area contributed by atoms with Gasteiger partial charge in [0.1, 0.15) is 0 Å². The zero-order chi connectivity index (χ0) is 10.2. The Kier molecular flexibility index (Phi) is 2.35. The minimum atomic E-state index is 0.485. The van der Waals surface area contributed by atoms with E-state index in [1.165, 1.54) is 18.5 Å². The fourth-order valence-corrected chi connectivity index (χ4v) is 2.13. The number of fused-ring (bicyclic) bond motifs is 1. The van der Waals surface area contributed by atoms with E-state index < -0.39 is 0 Å². The summed E-state index contributed by atoms with van der Waals surface area (Å²) in [5.74, 6) is 0. The molecule has 14 heavy (non-hydrogen) atoms. The lowest BCUT2D eigenvalue weighted by atomic mass is 10.1. The molecule has 3 nitrogen and oxygen atoms in total. The Bertz CT molecular complexity index is 312. The minimum absolute atomic E-state index is 0.485. The van der Waals surface area contributed by atoms with E-state index in [-0.39, 0.29) is 0 Å². The highest BCUT2D eigenvalue weighted by Crippen LogP contribution is 2.45. The first-order chi connectivity index (χ1) is 6.80. The number of hydrogen-bond donors (Lipinski definition) is 0. The molecule has 0 bridgehead atoms. The maximum atomic E-state index is 4.32. The molecule has 3 rings (SSSR count). The third kappa shape index (κ3) is 1.36. The van der Waals surface area contributed by atoms with E-state index in [4.69, 9.17) is 0 Å². The van der Waals surface area contributed by atoms with Crippen LogP contribution in [0, 0.1) is 0 Å². The zero-order valence-corrected chi connectivity index (χ0v) is 9.32. The summed E-state index contributed by atoms with van der Waals surface area (Å²) in [5.41, 5.74) is 1.84.